The highest BCUT2D eigenvalue weighted by Gasteiger charge is 2.47. The molecule has 1 aromatic heterocycles. The van der Waals surface area contributed by atoms with Crippen molar-refractivity contribution in [2.45, 2.75) is 31.1 Å². The second-order valence-corrected chi connectivity index (χ2v) is 7.00. The number of rotatable bonds is 5. The minimum atomic E-state index is -3.32. The molecule has 1 aromatic carbocycles. The maximum Gasteiger partial charge on any atom is 0.215 e. The summed E-state index contributed by atoms with van der Waals surface area (Å²) in [6.07, 6.45) is 2.00. The smallest absolute Gasteiger partial charge is 0.215 e. The topological polar surface area (TPSA) is 72.2 Å². The van der Waals surface area contributed by atoms with Crippen molar-refractivity contribution in [2.75, 3.05) is 0 Å². The Morgan fingerprint density at radius 1 is 1.35 bits per heavy atom. The molecule has 0 radical (unpaired) electrons. The van der Waals surface area contributed by atoms with E-state index in [4.69, 9.17) is 4.42 Å². The minimum Gasteiger partial charge on any atom is -0.447 e. The Balaban J connectivity index is 1.64. The molecule has 20 heavy (non-hydrogen) atoms. The van der Waals surface area contributed by atoms with E-state index < -0.39 is 10.0 Å². The first-order chi connectivity index (χ1) is 9.58. The largest absolute Gasteiger partial charge is 0.447 e. The Bertz CT molecular complexity index is 694. The van der Waals surface area contributed by atoms with E-state index >= 15 is 0 Å². The van der Waals surface area contributed by atoms with Crippen LogP contribution < -0.4 is 4.72 Å². The minimum absolute atomic E-state index is 0.101. The van der Waals surface area contributed by atoms with E-state index in [1.807, 2.05) is 30.3 Å². The van der Waals surface area contributed by atoms with Gasteiger partial charge in [-0.1, -0.05) is 30.3 Å². The van der Waals surface area contributed by atoms with Crippen LogP contribution in [0.5, 0.6) is 0 Å². The van der Waals surface area contributed by atoms with Gasteiger partial charge in [0, 0.05) is 5.92 Å². The summed E-state index contributed by atoms with van der Waals surface area (Å²) in [4.78, 5) is 3.94. The Hall–Kier alpha value is -1.66. The van der Waals surface area contributed by atoms with Crippen LogP contribution in [0.3, 0.4) is 0 Å². The highest BCUT2D eigenvalue weighted by atomic mass is 32.2. The number of aryl methyl sites for hydroxylation is 1. The average Bonchev–Trinajstić information content (AvgIpc) is 3.16. The summed E-state index contributed by atoms with van der Waals surface area (Å²) < 4.78 is 32.2. The highest BCUT2D eigenvalue weighted by molar-refractivity contribution is 7.90. The molecule has 106 valence electrons. The Labute approximate surface area is 118 Å². The molecule has 2 unspecified atom stereocenters. The van der Waals surface area contributed by atoms with E-state index in [1.165, 1.54) is 6.39 Å². The molecule has 2 atom stereocenters. The predicted molar refractivity (Wildman–Crippen MR) is 74.6 cm³/mol. The molecule has 0 saturated heterocycles. The number of hydrogen-bond donors (Lipinski definition) is 1. The van der Waals surface area contributed by atoms with E-state index in [2.05, 4.69) is 9.71 Å². The SMILES string of the molecule is Cc1ncoc1CNS(=O)(=O)C1CC1c1ccccc1. The monoisotopic (exact) mass is 292 g/mol. The van der Waals surface area contributed by atoms with E-state index in [1.54, 1.807) is 6.92 Å². The van der Waals surface area contributed by atoms with Gasteiger partial charge in [-0.05, 0) is 18.9 Å². The third-order valence-electron chi connectivity index (χ3n) is 3.64. The summed E-state index contributed by atoms with van der Waals surface area (Å²) in [7, 11) is -3.32. The molecule has 2 aromatic rings. The van der Waals surface area contributed by atoms with Gasteiger partial charge in [-0.15, -0.1) is 0 Å². The van der Waals surface area contributed by atoms with Crippen molar-refractivity contribution in [3.8, 4) is 0 Å². The number of benzene rings is 1. The van der Waals surface area contributed by atoms with Gasteiger partial charge >= 0.3 is 0 Å². The fraction of sp³-hybridized carbons (Fsp3) is 0.357. The van der Waals surface area contributed by atoms with Crippen LogP contribution in [0.4, 0.5) is 0 Å². The van der Waals surface area contributed by atoms with Gasteiger partial charge in [-0.2, -0.15) is 0 Å². The molecule has 1 aliphatic carbocycles. The van der Waals surface area contributed by atoms with Crippen molar-refractivity contribution in [1.29, 1.82) is 0 Å². The fourth-order valence-corrected chi connectivity index (χ4v) is 3.93. The highest BCUT2D eigenvalue weighted by Crippen LogP contribution is 2.45. The van der Waals surface area contributed by atoms with Crippen LogP contribution in [0.1, 0.15) is 29.4 Å². The average molecular weight is 292 g/mol. The number of nitrogens with one attached hydrogen (secondary N) is 1. The summed E-state index contributed by atoms with van der Waals surface area (Å²) in [6, 6.07) is 9.74. The molecular weight excluding hydrogens is 276 g/mol. The van der Waals surface area contributed by atoms with Gasteiger partial charge in [0.25, 0.3) is 0 Å². The summed E-state index contributed by atoms with van der Waals surface area (Å²) in [6.45, 7) is 1.95. The van der Waals surface area contributed by atoms with Crippen molar-refractivity contribution < 1.29 is 12.8 Å². The van der Waals surface area contributed by atoms with Gasteiger partial charge in [-0.25, -0.2) is 18.1 Å². The van der Waals surface area contributed by atoms with Crippen LogP contribution in [0, 0.1) is 6.92 Å². The quantitative estimate of drug-likeness (QED) is 0.914. The maximum atomic E-state index is 12.2. The molecule has 0 aliphatic heterocycles. The van der Waals surface area contributed by atoms with Gasteiger partial charge in [0.15, 0.2) is 6.39 Å². The van der Waals surface area contributed by atoms with Crippen LogP contribution >= 0.6 is 0 Å². The first-order valence-corrected chi connectivity index (χ1v) is 8.05. The van der Waals surface area contributed by atoms with Crippen molar-refractivity contribution >= 4 is 10.0 Å². The molecule has 1 aliphatic rings. The number of sulfonamides is 1. The number of nitrogens with zero attached hydrogens (tertiary/aromatic N) is 1. The van der Waals surface area contributed by atoms with Gasteiger partial charge in [0.05, 0.1) is 17.5 Å². The zero-order valence-electron chi connectivity index (χ0n) is 11.1. The lowest BCUT2D eigenvalue weighted by Gasteiger charge is -2.05. The standard InChI is InChI=1S/C14H16N2O3S/c1-10-13(19-9-15-10)8-16-20(17,18)14-7-12(14)11-5-3-2-4-6-11/h2-6,9,12,14,16H,7-8H2,1H3. The van der Waals surface area contributed by atoms with E-state index in [0.717, 1.165) is 5.56 Å². The lowest BCUT2D eigenvalue weighted by atomic mass is 10.1. The Morgan fingerprint density at radius 3 is 2.75 bits per heavy atom. The second-order valence-electron chi connectivity index (χ2n) is 5.02. The molecule has 0 spiro atoms. The van der Waals surface area contributed by atoms with Gasteiger partial charge < -0.3 is 4.42 Å². The fourth-order valence-electron chi connectivity index (χ4n) is 2.33. The Morgan fingerprint density at radius 2 is 2.10 bits per heavy atom. The lowest BCUT2D eigenvalue weighted by Crippen LogP contribution is -2.27. The van der Waals surface area contributed by atoms with Crippen molar-refractivity contribution in [3.63, 3.8) is 0 Å². The van der Waals surface area contributed by atoms with E-state index in [0.29, 0.717) is 17.9 Å². The lowest BCUT2D eigenvalue weighted by molar-refractivity contribution is 0.492. The zero-order valence-corrected chi connectivity index (χ0v) is 11.9. The molecule has 1 N–H and O–H groups in total. The second kappa shape index (κ2) is 5.03. The summed E-state index contributed by atoms with van der Waals surface area (Å²) >= 11 is 0. The third kappa shape index (κ3) is 2.62. The normalized spacial score (nSPS) is 21.9. The van der Waals surface area contributed by atoms with Gasteiger partial charge in [-0.3, -0.25) is 0 Å². The molecule has 0 amide bonds. The first kappa shape index (κ1) is 13.3. The molecular formula is C14H16N2O3S. The number of hydrogen-bond acceptors (Lipinski definition) is 4. The number of aromatic nitrogens is 1. The molecule has 3 rings (SSSR count). The van der Waals surface area contributed by atoms with Gasteiger partial charge in [0.1, 0.15) is 5.76 Å². The summed E-state index contributed by atoms with van der Waals surface area (Å²) in [5.41, 5.74) is 1.79. The van der Waals surface area contributed by atoms with Crippen molar-refractivity contribution in [2.24, 2.45) is 0 Å². The van der Waals surface area contributed by atoms with Crippen LogP contribution in [0.25, 0.3) is 0 Å². The molecule has 6 heteroatoms. The van der Waals surface area contributed by atoms with Crippen molar-refractivity contribution in [3.05, 3.63) is 53.7 Å². The van der Waals surface area contributed by atoms with Gasteiger partial charge in [0.2, 0.25) is 10.0 Å². The van der Waals surface area contributed by atoms with Crippen molar-refractivity contribution in [1.82, 2.24) is 9.71 Å². The molecule has 5 nitrogen and oxygen atoms in total. The third-order valence-corrected chi connectivity index (χ3v) is 5.50. The number of oxazole rings is 1. The Kier molecular flexibility index (Phi) is 3.35. The molecule has 1 heterocycles. The molecule has 1 saturated carbocycles. The summed E-state index contributed by atoms with van der Waals surface area (Å²) in [5.74, 6) is 0.662. The zero-order chi connectivity index (χ0) is 14.2. The van der Waals surface area contributed by atoms with Crippen LogP contribution in [0.15, 0.2) is 41.1 Å². The first-order valence-electron chi connectivity index (χ1n) is 6.50. The molecule has 0 bridgehead atoms. The predicted octanol–water partition coefficient (Wildman–Crippen LogP) is 1.96. The van der Waals surface area contributed by atoms with Crippen LogP contribution in [-0.4, -0.2) is 18.7 Å². The van der Waals surface area contributed by atoms with Crippen LogP contribution in [0.2, 0.25) is 0 Å². The summed E-state index contributed by atoms with van der Waals surface area (Å²) in [5, 5.41) is -0.340. The van der Waals surface area contributed by atoms with E-state index in [-0.39, 0.29) is 17.7 Å². The van der Waals surface area contributed by atoms with E-state index in [9.17, 15) is 8.42 Å². The molecule has 1 fully saturated rings. The van der Waals surface area contributed by atoms with Crippen LogP contribution in [-0.2, 0) is 16.6 Å². The maximum absolute atomic E-state index is 12.2.